The van der Waals surface area contributed by atoms with Gasteiger partial charge in [0.25, 0.3) is 0 Å². The third-order valence-corrected chi connectivity index (χ3v) is 2.92. The molecule has 1 aromatic rings. The number of nitrogens with two attached hydrogens (primary N) is 2. The maximum atomic E-state index is 5.81. The Hall–Kier alpha value is -0.450. The molecule has 4 heteroatoms. The average Bonchev–Trinajstić information content (AvgIpc) is 2.31. The Bertz CT molecular complexity index is 266. The second kappa shape index (κ2) is 2.27. The largest absolute Gasteiger partial charge is 0.313 e. The zero-order chi connectivity index (χ0) is 7.90. The van der Waals surface area contributed by atoms with Crippen LogP contribution in [-0.2, 0) is 12.8 Å². The summed E-state index contributed by atoms with van der Waals surface area (Å²) in [6.45, 7) is 0. The molecule has 0 radical (unpaired) electrons. The normalized spacial score (nSPS) is 21.3. The zero-order valence-corrected chi connectivity index (χ0v) is 7.03. The lowest BCUT2D eigenvalue weighted by Crippen LogP contribution is -2.53. The predicted octanol–water partition coefficient (Wildman–Crippen LogP) is 0.245. The molecule has 11 heavy (non-hydrogen) atoms. The molecular weight excluding hydrogens is 158 g/mol. The van der Waals surface area contributed by atoms with E-state index in [1.54, 1.807) is 11.3 Å². The molecule has 2 rings (SSSR count). The van der Waals surface area contributed by atoms with E-state index in [4.69, 9.17) is 11.5 Å². The Morgan fingerprint density at radius 1 is 1.55 bits per heavy atom. The van der Waals surface area contributed by atoms with Crippen molar-refractivity contribution in [2.24, 2.45) is 11.5 Å². The Morgan fingerprint density at radius 3 is 3.18 bits per heavy atom. The number of nitrogens with zero attached hydrogens (tertiary/aromatic N) is 1. The van der Waals surface area contributed by atoms with E-state index >= 15 is 0 Å². The Labute approximate surface area is 69.4 Å². The van der Waals surface area contributed by atoms with Gasteiger partial charge in [-0.3, -0.25) is 0 Å². The maximum absolute atomic E-state index is 5.81. The average molecular weight is 169 g/mol. The number of thiazole rings is 1. The van der Waals surface area contributed by atoms with Crippen molar-refractivity contribution in [2.75, 3.05) is 0 Å². The molecule has 0 amide bonds. The third kappa shape index (κ3) is 1.29. The highest BCUT2D eigenvalue weighted by atomic mass is 32.1. The van der Waals surface area contributed by atoms with Crippen LogP contribution in [0.25, 0.3) is 0 Å². The third-order valence-electron chi connectivity index (χ3n) is 2.04. The van der Waals surface area contributed by atoms with Crippen LogP contribution in [0.3, 0.4) is 0 Å². The first-order valence-electron chi connectivity index (χ1n) is 3.66. The second-order valence-electron chi connectivity index (χ2n) is 3.13. The van der Waals surface area contributed by atoms with Gasteiger partial charge in [0.2, 0.25) is 0 Å². The van der Waals surface area contributed by atoms with E-state index in [1.165, 1.54) is 10.6 Å². The van der Waals surface area contributed by atoms with Crippen molar-refractivity contribution in [3.8, 4) is 0 Å². The van der Waals surface area contributed by atoms with E-state index in [-0.39, 0.29) is 0 Å². The molecule has 0 bridgehead atoms. The molecule has 3 nitrogen and oxygen atoms in total. The summed E-state index contributed by atoms with van der Waals surface area (Å²) in [5.41, 5.74) is 14.2. The van der Waals surface area contributed by atoms with Gasteiger partial charge in [0.15, 0.2) is 0 Å². The first kappa shape index (κ1) is 7.21. The van der Waals surface area contributed by atoms with Gasteiger partial charge in [0.1, 0.15) is 0 Å². The van der Waals surface area contributed by atoms with Gasteiger partial charge in [-0.15, -0.1) is 11.3 Å². The van der Waals surface area contributed by atoms with E-state index in [1.807, 2.05) is 5.51 Å². The summed E-state index contributed by atoms with van der Waals surface area (Å²) in [6, 6.07) is 0. The standard InChI is InChI=1S/C7H11N3S/c8-7(9)2-1-5-6(3-7)11-4-10-5/h4H,1-3,8-9H2. The van der Waals surface area contributed by atoms with Crippen molar-refractivity contribution < 1.29 is 0 Å². The number of hydrogen-bond donors (Lipinski definition) is 2. The molecule has 0 unspecified atom stereocenters. The van der Waals surface area contributed by atoms with E-state index in [0.29, 0.717) is 0 Å². The lowest BCUT2D eigenvalue weighted by molar-refractivity contribution is 0.387. The van der Waals surface area contributed by atoms with E-state index < -0.39 is 5.66 Å². The van der Waals surface area contributed by atoms with Crippen molar-refractivity contribution >= 4 is 11.3 Å². The highest BCUT2D eigenvalue weighted by Crippen LogP contribution is 2.25. The van der Waals surface area contributed by atoms with Crippen LogP contribution < -0.4 is 11.5 Å². The molecule has 1 heterocycles. The fourth-order valence-corrected chi connectivity index (χ4v) is 2.33. The van der Waals surface area contributed by atoms with Gasteiger partial charge >= 0.3 is 0 Å². The SMILES string of the molecule is NC1(N)CCc2ncsc2C1. The molecule has 0 spiro atoms. The van der Waals surface area contributed by atoms with Crippen molar-refractivity contribution in [1.82, 2.24) is 4.98 Å². The van der Waals surface area contributed by atoms with Gasteiger partial charge in [-0.25, -0.2) is 4.98 Å². The van der Waals surface area contributed by atoms with Gasteiger partial charge in [-0.05, 0) is 12.8 Å². The lowest BCUT2D eigenvalue weighted by atomic mass is 9.93. The van der Waals surface area contributed by atoms with Crippen molar-refractivity contribution in [1.29, 1.82) is 0 Å². The number of hydrogen-bond acceptors (Lipinski definition) is 4. The molecule has 4 N–H and O–H groups in total. The van der Waals surface area contributed by atoms with Crippen molar-refractivity contribution in [3.63, 3.8) is 0 Å². The summed E-state index contributed by atoms with van der Waals surface area (Å²) >= 11 is 1.66. The smallest absolute Gasteiger partial charge is 0.0797 e. The van der Waals surface area contributed by atoms with Gasteiger partial charge < -0.3 is 11.5 Å². The molecule has 0 atom stereocenters. The molecule has 1 aliphatic carbocycles. The minimum Gasteiger partial charge on any atom is -0.313 e. The van der Waals surface area contributed by atoms with Gasteiger partial charge in [-0.1, -0.05) is 0 Å². The minimum atomic E-state index is -0.487. The molecule has 0 fully saturated rings. The summed E-state index contributed by atoms with van der Waals surface area (Å²) in [7, 11) is 0. The summed E-state index contributed by atoms with van der Waals surface area (Å²) in [6.07, 6.45) is 2.57. The molecule has 0 saturated carbocycles. The van der Waals surface area contributed by atoms with E-state index in [0.717, 1.165) is 19.3 Å². The first-order valence-corrected chi connectivity index (χ1v) is 4.54. The van der Waals surface area contributed by atoms with Gasteiger partial charge in [0.05, 0.1) is 16.9 Å². The van der Waals surface area contributed by atoms with Crippen LogP contribution in [0.15, 0.2) is 5.51 Å². The highest BCUT2D eigenvalue weighted by molar-refractivity contribution is 7.09. The first-order chi connectivity index (χ1) is 5.17. The predicted molar refractivity (Wildman–Crippen MR) is 45.2 cm³/mol. The summed E-state index contributed by atoms with van der Waals surface area (Å²) < 4.78 is 0. The topological polar surface area (TPSA) is 64.9 Å². The zero-order valence-electron chi connectivity index (χ0n) is 6.21. The quantitative estimate of drug-likeness (QED) is 0.547. The van der Waals surface area contributed by atoms with Crippen molar-refractivity contribution in [2.45, 2.75) is 24.9 Å². The van der Waals surface area contributed by atoms with Crippen LogP contribution >= 0.6 is 11.3 Å². The molecule has 60 valence electrons. The molecule has 0 aliphatic heterocycles. The Morgan fingerprint density at radius 2 is 2.36 bits per heavy atom. The molecule has 1 aromatic heterocycles. The lowest BCUT2D eigenvalue weighted by Gasteiger charge is -2.27. The number of rotatable bonds is 0. The maximum Gasteiger partial charge on any atom is 0.0797 e. The Balaban J connectivity index is 2.32. The Kier molecular flexibility index (Phi) is 1.49. The molecule has 1 aliphatic rings. The molecule has 0 aromatic carbocycles. The van der Waals surface area contributed by atoms with Crippen LogP contribution in [-0.4, -0.2) is 10.6 Å². The van der Waals surface area contributed by atoms with Crippen LogP contribution in [0.4, 0.5) is 0 Å². The van der Waals surface area contributed by atoms with Crippen LogP contribution in [0.5, 0.6) is 0 Å². The number of aromatic nitrogens is 1. The highest BCUT2D eigenvalue weighted by Gasteiger charge is 2.27. The summed E-state index contributed by atoms with van der Waals surface area (Å²) in [5, 5.41) is 0. The second-order valence-corrected chi connectivity index (χ2v) is 4.07. The van der Waals surface area contributed by atoms with E-state index in [9.17, 15) is 0 Å². The number of fused-ring (bicyclic) bond motifs is 1. The van der Waals surface area contributed by atoms with E-state index in [2.05, 4.69) is 4.98 Å². The number of aryl methyl sites for hydroxylation is 1. The minimum absolute atomic E-state index is 0.487. The van der Waals surface area contributed by atoms with Gasteiger partial charge in [0, 0.05) is 11.3 Å². The summed E-state index contributed by atoms with van der Waals surface area (Å²) in [5.74, 6) is 0. The fraction of sp³-hybridized carbons (Fsp3) is 0.571. The van der Waals surface area contributed by atoms with Crippen LogP contribution in [0, 0.1) is 0 Å². The molecule has 0 saturated heterocycles. The van der Waals surface area contributed by atoms with Gasteiger partial charge in [-0.2, -0.15) is 0 Å². The fourth-order valence-electron chi connectivity index (χ4n) is 1.38. The van der Waals surface area contributed by atoms with Crippen molar-refractivity contribution in [3.05, 3.63) is 16.1 Å². The van der Waals surface area contributed by atoms with Crippen LogP contribution in [0.2, 0.25) is 0 Å². The summed E-state index contributed by atoms with van der Waals surface area (Å²) in [4.78, 5) is 5.49. The van der Waals surface area contributed by atoms with Crippen LogP contribution in [0.1, 0.15) is 17.0 Å². The molecular formula is C7H11N3S. The monoisotopic (exact) mass is 169 g/mol.